The molecular weight excluding hydrogens is 685 g/mol. The average molecular weight is 755 g/mol. The van der Waals surface area contributed by atoms with Gasteiger partial charge in [0.1, 0.15) is 0 Å². The first-order valence-electron chi connectivity index (χ1n) is 21.5. The van der Waals surface area contributed by atoms with Crippen LogP contribution in [-0.2, 0) is 27.1 Å². The molecule has 0 N–H and O–H groups in total. The molecule has 0 nitrogen and oxygen atoms in total. The summed E-state index contributed by atoms with van der Waals surface area (Å²) in [6, 6.07) is 41.1. The molecule has 0 aliphatic heterocycles. The van der Waals surface area contributed by atoms with E-state index in [4.69, 9.17) is 0 Å². The molecule has 0 atom stereocenters. The van der Waals surface area contributed by atoms with Crippen molar-refractivity contribution < 1.29 is 0 Å². The topological polar surface area (TPSA) is 0 Å². The van der Waals surface area contributed by atoms with Gasteiger partial charge in [0.15, 0.2) is 0 Å². The molecule has 0 spiro atoms. The molecule has 298 valence electrons. The highest BCUT2D eigenvalue weighted by molar-refractivity contribution is 6.16. The van der Waals surface area contributed by atoms with Crippen LogP contribution in [0.1, 0.15) is 152 Å². The molecular formula is C57H70. The zero-order valence-electron chi connectivity index (χ0n) is 38.5. The normalized spacial score (nSPS) is 13.1. The molecule has 0 fully saturated rings. The van der Waals surface area contributed by atoms with Gasteiger partial charge in [-0.2, -0.15) is 0 Å². The summed E-state index contributed by atoms with van der Waals surface area (Å²) in [7, 11) is 0. The van der Waals surface area contributed by atoms with Crippen molar-refractivity contribution in [1.29, 1.82) is 0 Å². The van der Waals surface area contributed by atoms with E-state index in [1.165, 1.54) is 99.6 Å². The van der Waals surface area contributed by atoms with Crippen molar-refractivity contribution in [3.63, 3.8) is 0 Å². The van der Waals surface area contributed by atoms with Crippen molar-refractivity contribution in [3.05, 3.63) is 131 Å². The van der Waals surface area contributed by atoms with Crippen LogP contribution in [0.2, 0.25) is 0 Å². The van der Waals surface area contributed by atoms with Gasteiger partial charge in [-0.3, -0.25) is 0 Å². The second-order valence-electron chi connectivity index (χ2n) is 22.0. The largest absolute Gasteiger partial charge is 0.0656 e. The van der Waals surface area contributed by atoms with Crippen LogP contribution in [0.5, 0.6) is 0 Å². The van der Waals surface area contributed by atoms with E-state index in [1.54, 1.807) is 0 Å². The molecule has 7 rings (SSSR count). The van der Waals surface area contributed by atoms with Gasteiger partial charge in [0, 0.05) is 0 Å². The third kappa shape index (κ3) is 8.58. The van der Waals surface area contributed by atoms with Crippen molar-refractivity contribution in [2.75, 3.05) is 0 Å². The molecule has 0 radical (unpaired) electrons. The fourth-order valence-corrected chi connectivity index (χ4v) is 8.04. The minimum Gasteiger partial charge on any atom is -0.0656 e. The maximum absolute atomic E-state index is 2.49. The lowest BCUT2D eigenvalue weighted by molar-refractivity contribution is 0.590. The van der Waals surface area contributed by atoms with Crippen LogP contribution in [0.4, 0.5) is 0 Å². The quantitative estimate of drug-likeness (QED) is 0.154. The summed E-state index contributed by atoms with van der Waals surface area (Å²) >= 11 is 0. The molecule has 0 amide bonds. The second-order valence-corrected chi connectivity index (χ2v) is 22.0. The van der Waals surface area contributed by atoms with Gasteiger partial charge in [-0.05, 0) is 151 Å². The van der Waals surface area contributed by atoms with E-state index in [1.807, 2.05) is 0 Å². The number of hydrogen-bond donors (Lipinski definition) is 0. The summed E-state index contributed by atoms with van der Waals surface area (Å²) in [5.74, 6) is 0. The average Bonchev–Trinajstić information content (AvgIpc) is 3.11. The summed E-state index contributed by atoms with van der Waals surface area (Å²) in [5.41, 5.74) is 12.1. The maximum Gasteiger partial charge on any atom is -0.00960 e. The molecule has 7 aromatic carbocycles. The molecule has 0 saturated carbocycles. The highest BCUT2D eigenvalue weighted by Gasteiger charge is 2.24. The van der Waals surface area contributed by atoms with Crippen molar-refractivity contribution in [2.45, 2.75) is 151 Å². The van der Waals surface area contributed by atoms with Crippen LogP contribution in [0.3, 0.4) is 0 Å². The van der Waals surface area contributed by atoms with Crippen LogP contribution in [0.25, 0.3) is 65.3 Å². The second kappa shape index (κ2) is 14.8. The lowest BCUT2D eigenvalue weighted by atomic mass is 9.79. The Hall–Kier alpha value is -4.42. The summed E-state index contributed by atoms with van der Waals surface area (Å²) < 4.78 is 0. The molecule has 0 heterocycles. The van der Waals surface area contributed by atoms with E-state index in [0.717, 1.165) is 0 Å². The number of hydrogen-bond acceptors (Lipinski definition) is 0. The lowest BCUT2D eigenvalue weighted by Gasteiger charge is -2.25. The Bertz CT molecular complexity index is 2430. The van der Waals surface area contributed by atoms with Gasteiger partial charge in [-0.1, -0.05) is 197 Å². The Labute approximate surface area is 346 Å². The Morgan fingerprint density at radius 1 is 0.281 bits per heavy atom. The molecule has 0 aliphatic rings. The van der Waals surface area contributed by atoms with E-state index < -0.39 is 0 Å². The number of fused-ring (bicyclic) bond motifs is 6. The monoisotopic (exact) mass is 755 g/mol. The van der Waals surface area contributed by atoms with Gasteiger partial charge < -0.3 is 0 Å². The minimum atomic E-state index is -0.0456. The van der Waals surface area contributed by atoms with Crippen LogP contribution in [-0.4, -0.2) is 0 Å². The van der Waals surface area contributed by atoms with Crippen LogP contribution in [0, 0.1) is 0 Å². The van der Waals surface area contributed by atoms with Gasteiger partial charge in [0.2, 0.25) is 0 Å². The van der Waals surface area contributed by atoms with Crippen molar-refractivity contribution in [2.24, 2.45) is 0 Å². The van der Waals surface area contributed by atoms with Gasteiger partial charge in [-0.15, -0.1) is 0 Å². The fraction of sp³-hybridized carbons (Fsp3) is 0.404. The van der Waals surface area contributed by atoms with Gasteiger partial charge in [-0.25, -0.2) is 0 Å². The Morgan fingerprint density at radius 3 is 0.860 bits per heavy atom. The van der Waals surface area contributed by atoms with Gasteiger partial charge in [0.05, 0.1) is 0 Å². The highest BCUT2D eigenvalue weighted by Crippen LogP contribution is 2.44. The van der Waals surface area contributed by atoms with Crippen molar-refractivity contribution in [1.82, 2.24) is 0 Å². The predicted octanol–water partition coefficient (Wildman–Crippen LogP) is 17.5. The predicted molar refractivity (Wildman–Crippen MR) is 257 cm³/mol. The third-order valence-corrected chi connectivity index (χ3v) is 11.8. The molecule has 0 aromatic heterocycles. The third-order valence-electron chi connectivity index (χ3n) is 11.8. The van der Waals surface area contributed by atoms with E-state index in [9.17, 15) is 0 Å². The molecule has 0 unspecified atom stereocenters. The van der Waals surface area contributed by atoms with Gasteiger partial charge >= 0.3 is 0 Å². The van der Waals surface area contributed by atoms with E-state index in [-0.39, 0.29) is 27.1 Å². The van der Waals surface area contributed by atoms with Crippen LogP contribution in [0.15, 0.2) is 103 Å². The SMILES string of the molecule is CC(C)(C)c1cc(-c2cc3cc(C(C)(C)C)ccc3c3ccc(C(C)(C)C)cc23)cc(-c2cc3cc(C(C)(C)C)ccc3c3ccc(C(C)(C)C)cc23)c1.CCC. The molecule has 0 bridgehead atoms. The molecule has 0 saturated heterocycles. The highest BCUT2D eigenvalue weighted by atomic mass is 14.3. The van der Waals surface area contributed by atoms with Crippen LogP contribution < -0.4 is 0 Å². The molecule has 0 aliphatic carbocycles. The minimum absolute atomic E-state index is 0.0373. The molecule has 7 aromatic rings. The summed E-state index contributed by atoms with van der Waals surface area (Å²) in [6.45, 7) is 39.1. The number of benzene rings is 7. The van der Waals surface area contributed by atoms with Crippen LogP contribution >= 0.6 is 0 Å². The van der Waals surface area contributed by atoms with E-state index in [2.05, 4.69) is 221 Å². The van der Waals surface area contributed by atoms with Crippen molar-refractivity contribution >= 4 is 43.1 Å². The molecule has 0 heteroatoms. The Kier molecular flexibility index (Phi) is 10.9. The smallest absolute Gasteiger partial charge is 0.00960 e. The van der Waals surface area contributed by atoms with Gasteiger partial charge in [0.25, 0.3) is 0 Å². The Morgan fingerprint density at radius 2 is 0.561 bits per heavy atom. The standard InChI is InChI=1S/C54H62.C3H8/c1-50(2,3)37-16-20-42-35(25-37)29-46(48-31-39(52(7,8)9)18-22-44(42)48)33-24-34(28-41(27-33)54(13,14)15)47-30-36-26-38(51(4,5)6)17-21-43(36)45-23-19-40(32-49(45)47)53(10,11)12;1-3-2/h16-32H,1-15H3;3H2,1-2H3. The Balaban J connectivity index is 0.00000177. The summed E-state index contributed by atoms with van der Waals surface area (Å²) in [4.78, 5) is 0. The maximum atomic E-state index is 2.49. The summed E-state index contributed by atoms with van der Waals surface area (Å²) in [6.07, 6.45) is 1.25. The first kappa shape index (κ1) is 42.2. The van der Waals surface area contributed by atoms with E-state index in [0.29, 0.717) is 0 Å². The lowest BCUT2D eigenvalue weighted by Crippen LogP contribution is -2.12. The van der Waals surface area contributed by atoms with E-state index >= 15 is 0 Å². The zero-order chi connectivity index (χ0) is 42.0. The van der Waals surface area contributed by atoms with Crippen molar-refractivity contribution in [3.8, 4) is 22.3 Å². The first-order valence-corrected chi connectivity index (χ1v) is 21.5. The number of rotatable bonds is 2. The first-order chi connectivity index (χ1) is 26.3. The summed E-state index contributed by atoms with van der Waals surface area (Å²) in [5, 5.41) is 10.5. The molecule has 57 heavy (non-hydrogen) atoms. The fourth-order valence-electron chi connectivity index (χ4n) is 8.04. The zero-order valence-corrected chi connectivity index (χ0v) is 38.5.